The van der Waals surface area contributed by atoms with Gasteiger partial charge >= 0.3 is 0 Å². The van der Waals surface area contributed by atoms with Crippen LogP contribution in [0.2, 0.25) is 0 Å². The fraction of sp³-hybridized carbons (Fsp3) is 0.632. The van der Waals surface area contributed by atoms with E-state index in [0.717, 1.165) is 26.0 Å². The van der Waals surface area contributed by atoms with E-state index in [4.69, 9.17) is 9.47 Å². The van der Waals surface area contributed by atoms with E-state index in [0.29, 0.717) is 32.1 Å². The third kappa shape index (κ3) is 6.53. The molecule has 152 valence electrons. The molecule has 3 rings (SSSR count). The molecule has 1 saturated heterocycles. The van der Waals surface area contributed by atoms with Crippen molar-refractivity contribution in [3.05, 3.63) is 35.4 Å². The van der Waals surface area contributed by atoms with E-state index in [1.165, 1.54) is 18.2 Å². The summed E-state index contributed by atoms with van der Waals surface area (Å²) in [5, 5.41) is 6.45. The summed E-state index contributed by atoms with van der Waals surface area (Å²) in [7, 11) is 0. The lowest BCUT2D eigenvalue weighted by atomic mass is 10.1. The van der Waals surface area contributed by atoms with Crippen LogP contribution in [0.25, 0.3) is 0 Å². The van der Waals surface area contributed by atoms with E-state index < -0.39 is 11.6 Å². The Morgan fingerprint density at radius 2 is 2.11 bits per heavy atom. The van der Waals surface area contributed by atoms with Gasteiger partial charge in [-0.25, -0.2) is 8.78 Å². The maximum absolute atomic E-state index is 13.9. The maximum Gasteiger partial charge on any atom is 0.191 e. The van der Waals surface area contributed by atoms with Crippen LogP contribution in [0.4, 0.5) is 8.78 Å². The quantitative estimate of drug-likeness (QED) is 0.252. The lowest BCUT2D eigenvalue weighted by Gasteiger charge is -2.12. The molecule has 0 aromatic heterocycles. The Labute approximate surface area is 176 Å². The average Bonchev–Trinajstić information content (AvgIpc) is 3.15. The van der Waals surface area contributed by atoms with Crippen LogP contribution < -0.4 is 10.6 Å². The molecule has 1 aliphatic heterocycles. The Hall–Kier alpha value is -1.000. The number of guanidine groups is 1. The maximum atomic E-state index is 13.9. The molecule has 1 aromatic rings. The van der Waals surface area contributed by atoms with Crippen molar-refractivity contribution in [1.82, 2.24) is 10.6 Å². The van der Waals surface area contributed by atoms with Gasteiger partial charge in [0.2, 0.25) is 0 Å². The molecular formula is C19H28F2IN3O2. The lowest BCUT2D eigenvalue weighted by Crippen LogP contribution is -2.39. The van der Waals surface area contributed by atoms with Crippen LogP contribution in [0.5, 0.6) is 0 Å². The smallest absolute Gasteiger partial charge is 0.191 e. The zero-order valence-electron chi connectivity index (χ0n) is 15.5. The topological polar surface area (TPSA) is 54.9 Å². The van der Waals surface area contributed by atoms with Crippen LogP contribution in [0.15, 0.2) is 23.2 Å². The molecule has 1 heterocycles. The minimum atomic E-state index is -0.478. The third-order valence-electron chi connectivity index (χ3n) is 4.64. The Morgan fingerprint density at radius 3 is 2.78 bits per heavy atom. The molecule has 2 aliphatic rings. The van der Waals surface area contributed by atoms with E-state index in [9.17, 15) is 8.78 Å². The standard InChI is InChI=1S/C19H27F2N3O2.HI/c1-2-22-19(23-8-4-9-26-13-7-10-25-12-13)24-17-11-14(17)18-15(20)5-3-6-16(18)21;/h3,5-6,13-14,17H,2,4,7-12H2,1H3,(H2,22,23,24);1H. The van der Waals surface area contributed by atoms with Gasteiger partial charge in [0.05, 0.1) is 12.7 Å². The van der Waals surface area contributed by atoms with Crippen molar-refractivity contribution in [2.24, 2.45) is 4.99 Å². The van der Waals surface area contributed by atoms with Crippen molar-refractivity contribution >= 4 is 29.9 Å². The summed E-state index contributed by atoms with van der Waals surface area (Å²) in [6, 6.07) is 4.01. The summed E-state index contributed by atoms with van der Waals surface area (Å²) in [6.45, 7) is 5.47. The predicted molar refractivity (Wildman–Crippen MR) is 112 cm³/mol. The van der Waals surface area contributed by atoms with Crippen LogP contribution in [0, 0.1) is 11.6 Å². The summed E-state index contributed by atoms with van der Waals surface area (Å²) in [6.07, 6.45) is 2.70. The van der Waals surface area contributed by atoms with Gasteiger partial charge in [0.25, 0.3) is 0 Å². The van der Waals surface area contributed by atoms with E-state index in [1.54, 1.807) is 0 Å². The highest BCUT2D eigenvalue weighted by Gasteiger charge is 2.42. The predicted octanol–water partition coefficient (Wildman–Crippen LogP) is 3.19. The molecule has 8 heteroatoms. The molecule has 2 N–H and O–H groups in total. The second-order valence-electron chi connectivity index (χ2n) is 6.70. The number of halogens is 3. The Kier molecular flexibility index (Phi) is 9.17. The zero-order valence-corrected chi connectivity index (χ0v) is 17.9. The van der Waals surface area contributed by atoms with Gasteiger partial charge in [-0.1, -0.05) is 6.07 Å². The van der Waals surface area contributed by atoms with Crippen molar-refractivity contribution in [3.63, 3.8) is 0 Å². The summed E-state index contributed by atoms with van der Waals surface area (Å²) < 4.78 is 38.8. The number of rotatable bonds is 8. The number of nitrogens with one attached hydrogen (secondary N) is 2. The highest BCUT2D eigenvalue weighted by atomic mass is 127. The van der Waals surface area contributed by atoms with Crippen LogP contribution in [0.1, 0.15) is 37.7 Å². The molecule has 0 amide bonds. The normalized spacial score (nSPS) is 24.4. The second-order valence-corrected chi connectivity index (χ2v) is 6.70. The molecule has 1 aliphatic carbocycles. The van der Waals surface area contributed by atoms with Crippen LogP contribution in [0.3, 0.4) is 0 Å². The minimum absolute atomic E-state index is 0. The van der Waals surface area contributed by atoms with Crippen molar-refractivity contribution in [2.45, 2.75) is 44.2 Å². The zero-order chi connectivity index (χ0) is 18.4. The third-order valence-corrected chi connectivity index (χ3v) is 4.64. The molecule has 0 spiro atoms. The summed E-state index contributed by atoms with van der Waals surface area (Å²) >= 11 is 0. The SMILES string of the molecule is CCNC(=NCCCOC1CCOC1)NC1CC1c1c(F)cccc1F.I. The van der Waals surface area contributed by atoms with Crippen LogP contribution in [-0.2, 0) is 9.47 Å². The average molecular weight is 495 g/mol. The first-order valence-electron chi connectivity index (χ1n) is 9.37. The lowest BCUT2D eigenvalue weighted by molar-refractivity contribution is 0.0424. The summed E-state index contributed by atoms with van der Waals surface area (Å²) in [5.74, 6) is -0.421. The highest BCUT2D eigenvalue weighted by molar-refractivity contribution is 14.0. The molecule has 0 radical (unpaired) electrons. The highest BCUT2D eigenvalue weighted by Crippen LogP contribution is 2.43. The van der Waals surface area contributed by atoms with Crippen LogP contribution >= 0.6 is 24.0 Å². The monoisotopic (exact) mass is 495 g/mol. The molecule has 3 atom stereocenters. The Morgan fingerprint density at radius 1 is 1.33 bits per heavy atom. The molecule has 3 unspecified atom stereocenters. The molecule has 1 aromatic carbocycles. The number of hydrogen-bond donors (Lipinski definition) is 2. The van der Waals surface area contributed by atoms with Gasteiger partial charge in [-0.15, -0.1) is 24.0 Å². The molecule has 1 saturated carbocycles. The molecule has 0 bridgehead atoms. The van der Waals surface area contributed by atoms with E-state index in [1.807, 2.05) is 6.92 Å². The van der Waals surface area contributed by atoms with Gasteiger partial charge < -0.3 is 20.1 Å². The van der Waals surface area contributed by atoms with Gasteiger partial charge in [0, 0.05) is 43.8 Å². The number of hydrogen-bond acceptors (Lipinski definition) is 3. The number of nitrogens with zero attached hydrogens (tertiary/aromatic N) is 1. The first-order chi connectivity index (χ1) is 12.7. The fourth-order valence-corrected chi connectivity index (χ4v) is 3.18. The Bertz CT molecular complexity index is 607. The van der Waals surface area contributed by atoms with E-state index in [-0.39, 0.29) is 47.6 Å². The Balaban J connectivity index is 0.00000261. The van der Waals surface area contributed by atoms with Crippen molar-refractivity contribution < 1.29 is 18.3 Å². The van der Waals surface area contributed by atoms with E-state index in [2.05, 4.69) is 15.6 Å². The van der Waals surface area contributed by atoms with Crippen molar-refractivity contribution in [1.29, 1.82) is 0 Å². The summed E-state index contributed by atoms with van der Waals surface area (Å²) in [5.41, 5.74) is 0.174. The fourth-order valence-electron chi connectivity index (χ4n) is 3.18. The number of ether oxygens (including phenoxy) is 2. The molecule has 5 nitrogen and oxygen atoms in total. The molecular weight excluding hydrogens is 467 g/mol. The minimum Gasteiger partial charge on any atom is -0.379 e. The van der Waals surface area contributed by atoms with Crippen molar-refractivity contribution in [2.75, 3.05) is 32.9 Å². The van der Waals surface area contributed by atoms with Gasteiger partial charge in [-0.3, -0.25) is 4.99 Å². The van der Waals surface area contributed by atoms with Gasteiger partial charge in [-0.2, -0.15) is 0 Å². The van der Waals surface area contributed by atoms with Gasteiger partial charge in [0.1, 0.15) is 11.6 Å². The largest absolute Gasteiger partial charge is 0.379 e. The van der Waals surface area contributed by atoms with Crippen LogP contribution in [-0.4, -0.2) is 51.0 Å². The first-order valence-corrected chi connectivity index (χ1v) is 9.37. The van der Waals surface area contributed by atoms with Gasteiger partial charge in [-0.05, 0) is 38.3 Å². The van der Waals surface area contributed by atoms with Gasteiger partial charge in [0.15, 0.2) is 5.96 Å². The number of benzene rings is 1. The molecule has 27 heavy (non-hydrogen) atoms. The molecule has 2 fully saturated rings. The first kappa shape index (κ1) is 22.3. The number of aliphatic imine (C=N–C) groups is 1. The van der Waals surface area contributed by atoms with E-state index >= 15 is 0 Å². The van der Waals surface area contributed by atoms with Crippen molar-refractivity contribution in [3.8, 4) is 0 Å². The second kappa shape index (κ2) is 11.1. The summed E-state index contributed by atoms with van der Waals surface area (Å²) in [4.78, 5) is 4.53.